The molecule has 0 bridgehead atoms. The van der Waals surface area contributed by atoms with Gasteiger partial charge in [0.05, 0.1) is 13.2 Å². The molecule has 0 spiro atoms. The summed E-state index contributed by atoms with van der Waals surface area (Å²) >= 11 is 0. The summed E-state index contributed by atoms with van der Waals surface area (Å²) in [5.74, 6) is 1.000. The second-order valence-electron chi connectivity index (χ2n) is 5.04. The number of rotatable bonds is 4. The number of amides is 1. The summed E-state index contributed by atoms with van der Waals surface area (Å²) in [6, 6.07) is 7.30. The molecule has 0 radical (unpaired) electrons. The topological polar surface area (TPSA) is 86.5 Å². The van der Waals surface area contributed by atoms with Gasteiger partial charge >= 0.3 is 0 Å². The first-order valence-electron chi connectivity index (χ1n) is 6.79. The molecule has 6 nitrogen and oxygen atoms in total. The van der Waals surface area contributed by atoms with Gasteiger partial charge in [0.25, 0.3) is 0 Å². The van der Waals surface area contributed by atoms with Crippen LogP contribution in [0.4, 0.5) is 0 Å². The van der Waals surface area contributed by atoms with Crippen LogP contribution in [0.2, 0.25) is 0 Å². The molecule has 2 heterocycles. The highest BCUT2D eigenvalue weighted by molar-refractivity contribution is 5.88. The third-order valence-corrected chi connectivity index (χ3v) is 3.65. The van der Waals surface area contributed by atoms with Crippen LogP contribution < -0.4 is 20.5 Å². The molecular weight excluding hydrogens is 270 g/mol. The minimum absolute atomic E-state index is 0.109. The maximum absolute atomic E-state index is 11.2. The lowest BCUT2D eigenvalue weighted by Crippen LogP contribution is -2.36. The van der Waals surface area contributed by atoms with Gasteiger partial charge in [-0.25, -0.2) is 4.98 Å². The number of aromatic nitrogens is 1. The number of nitrogens with one attached hydrogen (secondary N) is 1. The lowest BCUT2D eigenvalue weighted by atomic mass is 10.1. The van der Waals surface area contributed by atoms with E-state index in [9.17, 15) is 4.79 Å². The Morgan fingerprint density at radius 3 is 3.00 bits per heavy atom. The SMILES string of the molecule is COc1ccc2c(O[C@H]3CNC(C(N)=O)C3)nccc2c1. The van der Waals surface area contributed by atoms with Crippen LogP contribution in [0.1, 0.15) is 6.42 Å². The van der Waals surface area contributed by atoms with Gasteiger partial charge < -0.3 is 20.5 Å². The number of hydrogen-bond acceptors (Lipinski definition) is 5. The maximum Gasteiger partial charge on any atom is 0.234 e. The van der Waals surface area contributed by atoms with Gasteiger partial charge in [0, 0.05) is 24.5 Å². The summed E-state index contributed by atoms with van der Waals surface area (Å²) in [6.07, 6.45) is 2.15. The molecule has 1 aliphatic heterocycles. The normalized spacial score (nSPS) is 21.4. The number of benzene rings is 1. The van der Waals surface area contributed by atoms with Crippen LogP contribution in [-0.4, -0.2) is 36.7 Å². The van der Waals surface area contributed by atoms with Gasteiger partial charge in [-0.3, -0.25) is 4.79 Å². The van der Waals surface area contributed by atoms with Gasteiger partial charge in [0.15, 0.2) is 0 Å². The first-order chi connectivity index (χ1) is 10.2. The van der Waals surface area contributed by atoms with Crippen molar-refractivity contribution in [2.24, 2.45) is 5.73 Å². The van der Waals surface area contributed by atoms with Crippen molar-refractivity contribution in [2.75, 3.05) is 13.7 Å². The smallest absolute Gasteiger partial charge is 0.234 e. The molecule has 1 unspecified atom stereocenters. The molecule has 2 aromatic rings. The first-order valence-corrected chi connectivity index (χ1v) is 6.79. The Kier molecular flexibility index (Phi) is 3.62. The van der Waals surface area contributed by atoms with E-state index in [4.69, 9.17) is 15.2 Å². The Labute approximate surface area is 122 Å². The van der Waals surface area contributed by atoms with E-state index in [-0.39, 0.29) is 18.1 Å². The number of hydrogen-bond donors (Lipinski definition) is 2. The van der Waals surface area contributed by atoms with Crippen molar-refractivity contribution in [3.05, 3.63) is 30.5 Å². The molecule has 1 saturated heterocycles. The molecule has 0 aliphatic carbocycles. The van der Waals surface area contributed by atoms with Crippen LogP contribution in [0.25, 0.3) is 10.8 Å². The number of nitrogens with zero attached hydrogens (tertiary/aromatic N) is 1. The van der Waals surface area contributed by atoms with E-state index < -0.39 is 0 Å². The van der Waals surface area contributed by atoms with Gasteiger partial charge in [-0.05, 0) is 29.7 Å². The molecule has 1 aromatic carbocycles. The third kappa shape index (κ3) is 2.75. The Bertz CT molecular complexity index is 674. The van der Waals surface area contributed by atoms with Crippen LogP contribution in [0.3, 0.4) is 0 Å². The monoisotopic (exact) mass is 287 g/mol. The fraction of sp³-hybridized carbons (Fsp3) is 0.333. The average Bonchev–Trinajstić information content (AvgIpc) is 2.96. The molecule has 21 heavy (non-hydrogen) atoms. The Balaban J connectivity index is 1.83. The van der Waals surface area contributed by atoms with E-state index in [0.717, 1.165) is 16.5 Å². The fourth-order valence-corrected chi connectivity index (χ4v) is 2.52. The maximum atomic E-state index is 11.2. The zero-order chi connectivity index (χ0) is 14.8. The van der Waals surface area contributed by atoms with E-state index in [1.165, 1.54) is 0 Å². The van der Waals surface area contributed by atoms with Gasteiger partial charge in [-0.1, -0.05) is 0 Å². The summed E-state index contributed by atoms with van der Waals surface area (Å²) in [4.78, 5) is 15.4. The summed E-state index contributed by atoms with van der Waals surface area (Å²) in [5.41, 5.74) is 5.29. The largest absolute Gasteiger partial charge is 0.497 e. The molecule has 3 N–H and O–H groups in total. The summed E-state index contributed by atoms with van der Waals surface area (Å²) in [6.45, 7) is 0.585. The van der Waals surface area contributed by atoms with E-state index in [1.54, 1.807) is 13.3 Å². The summed E-state index contributed by atoms with van der Waals surface area (Å²) < 4.78 is 11.1. The highest BCUT2D eigenvalue weighted by Gasteiger charge is 2.29. The van der Waals surface area contributed by atoms with Crippen molar-refractivity contribution in [2.45, 2.75) is 18.6 Å². The highest BCUT2D eigenvalue weighted by atomic mass is 16.5. The number of pyridine rings is 1. The summed E-state index contributed by atoms with van der Waals surface area (Å²) in [7, 11) is 1.63. The van der Waals surface area contributed by atoms with Crippen LogP contribution in [0, 0.1) is 0 Å². The number of fused-ring (bicyclic) bond motifs is 1. The Hall–Kier alpha value is -2.34. The van der Waals surface area contributed by atoms with Crippen molar-refractivity contribution in [1.82, 2.24) is 10.3 Å². The predicted octanol–water partition coefficient (Wildman–Crippen LogP) is 0.838. The van der Waals surface area contributed by atoms with E-state index >= 15 is 0 Å². The number of primary amides is 1. The zero-order valence-electron chi connectivity index (χ0n) is 11.7. The van der Waals surface area contributed by atoms with Gasteiger partial charge in [0.1, 0.15) is 11.9 Å². The lowest BCUT2D eigenvalue weighted by Gasteiger charge is -2.14. The second-order valence-corrected chi connectivity index (χ2v) is 5.04. The van der Waals surface area contributed by atoms with Crippen LogP contribution >= 0.6 is 0 Å². The molecule has 0 saturated carbocycles. The molecule has 1 amide bonds. The molecule has 1 fully saturated rings. The molecule has 6 heteroatoms. The number of carbonyl (C=O) groups excluding carboxylic acids is 1. The van der Waals surface area contributed by atoms with Crippen molar-refractivity contribution >= 4 is 16.7 Å². The Morgan fingerprint density at radius 1 is 1.43 bits per heavy atom. The van der Waals surface area contributed by atoms with E-state index in [2.05, 4.69) is 10.3 Å². The predicted molar refractivity (Wildman–Crippen MR) is 78.3 cm³/mol. The minimum atomic E-state index is -0.350. The minimum Gasteiger partial charge on any atom is -0.497 e. The van der Waals surface area contributed by atoms with Gasteiger partial charge in [0.2, 0.25) is 11.8 Å². The van der Waals surface area contributed by atoms with Gasteiger partial charge in [-0.15, -0.1) is 0 Å². The lowest BCUT2D eigenvalue weighted by molar-refractivity contribution is -0.119. The van der Waals surface area contributed by atoms with Crippen molar-refractivity contribution < 1.29 is 14.3 Å². The standard InChI is InChI=1S/C15H17N3O3/c1-20-10-2-3-12-9(6-10)4-5-17-15(12)21-11-7-13(14(16)19)18-8-11/h2-6,11,13,18H,7-8H2,1H3,(H2,16,19)/t11-,13?/m1/s1. The fourth-order valence-electron chi connectivity index (χ4n) is 2.52. The van der Waals surface area contributed by atoms with Crippen LogP contribution in [-0.2, 0) is 4.79 Å². The Morgan fingerprint density at radius 2 is 2.29 bits per heavy atom. The third-order valence-electron chi connectivity index (χ3n) is 3.65. The molecular formula is C15H17N3O3. The quantitative estimate of drug-likeness (QED) is 0.870. The molecule has 3 rings (SSSR count). The van der Waals surface area contributed by atoms with Crippen LogP contribution in [0.5, 0.6) is 11.6 Å². The van der Waals surface area contributed by atoms with Crippen LogP contribution in [0.15, 0.2) is 30.5 Å². The highest BCUT2D eigenvalue weighted by Crippen LogP contribution is 2.28. The number of ether oxygens (including phenoxy) is 2. The molecule has 2 atom stereocenters. The van der Waals surface area contributed by atoms with E-state index in [1.807, 2.05) is 24.3 Å². The zero-order valence-corrected chi connectivity index (χ0v) is 11.7. The van der Waals surface area contributed by atoms with Crippen molar-refractivity contribution in [3.8, 4) is 11.6 Å². The molecule has 1 aromatic heterocycles. The molecule has 110 valence electrons. The number of carbonyl (C=O) groups is 1. The van der Waals surface area contributed by atoms with E-state index in [0.29, 0.717) is 18.8 Å². The summed E-state index contributed by atoms with van der Waals surface area (Å²) in [5, 5.41) is 4.96. The van der Waals surface area contributed by atoms with Crippen molar-refractivity contribution in [1.29, 1.82) is 0 Å². The molecule has 1 aliphatic rings. The average molecular weight is 287 g/mol. The number of methoxy groups -OCH3 is 1. The first kappa shape index (κ1) is 13.6. The number of nitrogens with two attached hydrogens (primary N) is 1. The second kappa shape index (κ2) is 5.57. The van der Waals surface area contributed by atoms with Crippen molar-refractivity contribution in [3.63, 3.8) is 0 Å². The van der Waals surface area contributed by atoms with Gasteiger partial charge in [-0.2, -0.15) is 0 Å².